The Morgan fingerprint density at radius 2 is 1.88 bits per heavy atom. The van der Waals surface area contributed by atoms with E-state index in [1.807, 2.05) is 29.2 Å². The van der Waals surface area contributed by atoms with Crippen molar-refractivity contribution in [1.82, 2.24) is 9.97 Å². The highest BCUT2D eigenvalue weighted by atomic mass is 19.4. The first kappa shape index (κ1) is 26.8. The molecule has 1 aromatic heterocycles. The van der Waals surface area contributed by atoms with E-state index in [1.165, 1.54) is 6.07 Å². The van der Waals surface area contributed by atoms with Gasteiger partial charge in [0.25, 0.3) is 5.91 Å². The lowest BCUT2D eigenvalue weighted by Crippen LogP contribution is -2.37. The number of morpholine rings is 1. The number of rotatable bonds is 7. The Morgan fingerprint density at radius 3 is 2.58 bits per heavy atom. The van der Waals surface area contributed by atoms with Crippen LogP contribution in [0, 0.1) is 11.3 Å². The molecule has 0 bridgehead atoms. The van der Waals surface area contributed by atoms with Crippen molar-refractivity contribution in [3.8, 4) is 11.8 Å². The molecule has 2 N–H and O–H groups in total. The third kappa shape index (κ3) is 6.24. The fourth-order valence-corrected chi connectivity index (χ4v) is 4.29. The highest BCUT2D eigenvalue weighted by molar-refractivity contribution is 5.95. The van der Waals surface area contributed by atoms with Crippen molar-refractivity contribution in [3.63, 3.8) is 0 Å². The number of para-hydroxylation sites is 2. The average Bonchev–Trinajstić information content (AvgIpc) is 3.39. The van der Waals surface area contributed by atoms with Crippen LogP contribution in [0.2, 0.25) is 0 Å². The largest absolute Gasteiger partial charge is 0.484 e. The SMILES string of the molecule is N#C/C(=C\c1ccc(OCC(=O)Nc2cc(C(F)(F)F)ccc2N2CCOCC2)cc1)c1nc2ccccc2[nH]1. The number of hydrogen-bond donors (Lipinski definition) is 2. The maximum Gasteiger partial charge on any atom is 0.416 e. The van der Waals surface area contributed by atoms with E-state index in [-0.39, 0.29) is 5.69 Å². The van der Waals surface area contributed by atoms with Gasteiger partial charge in [-0.15, -0.1) is 0 Å². The van der Waals surface area contributed by atoms with Crippen molar-refractivity contribution in [2.75, 3.05) is 43.1 Å². The number of imidazole rings is 1. The summed E-state index contributed by atoms with van der Waals surface area (Å²) in [6.45, 7) is 1.47. The molecule has 0 saturated carbocycles. The van der Waals surface area contributed by atoms with Gasteiger partial charge in [0.15, 0.2) is 6.61 Å². The van der Waals surface area contributed by atoms with Crippen LogP contribution in [0.25, 0.3) is 22.7 Å². The molecule has 1 saturated heterocycles. The van der Waals surface area contributed by atoms with Crippen LogP contribution in [0.15, 0.2) is 66.7 Å². The minimum Gasteiger partial charge on any atom is -0.484 e. The molecule has 1 fully saturated rings. The lowest BCUT2D eigenvalue weighted by atomic mass is 10.1. The number of anilines is 2. The van der Waals surface area contributed by atoms with E-state index in [9.17, 15) is 23.2 Å². The van der Waals surface area contributed by atoms with Crippen LogP contribution >= 0.6 is 0 Å². The van der Waals surface area contributed by atoms with E-state index in [0.29, 0.717) is 54.7 Å². The fourth-order valence-electron chi connectivity index (χ4n) is 4.29. The van der Waals surface area contributed by atoms with Gasteiger partial charge in [-0.25, -0.2) is 4.98 Å². The summed E-state index contributed by atoms with van der Waals surface area (Å²) in [6, 6.07) is 19.6. The number of allylic oxidation sites excluding steroid dienone is 1. The number of nitriles is 1. The van der Waals surface area contributed by atoms with E-state index in [4.69, 9.17) is 9.47 Å². The molecule has 0 spiro atoms. The second-order valence-corrected chi connectivity index (χ2v) is 9.01. The number of nitrogens with one attached hydrogen (secondary N) is 2. The van der Waals surface area contributed by atoms with Gasteiger partial charge in [-0.05, 0) is 54.1 Å². The van der Waals surface area contributed by atoms with Crippen LogP contribution < -0.4 is 15.0 Å². The predicted octanol–water partition coefficient (Wildman–Crippen LogP) is 5.50. The Labute approximate surface area is 227 Å². The zero-order valence-electron chi connectivity index (χ0n) is 21.2. The zero-order chi connectivity index (χ0) is 28.1. The number of H-pyrrole nitrogens is 1. The number of benzene rings is 3. The second-order valence-electron chi connectivity index (χ2n) is 9.01. The molecule has 0 aliphatic carbocycles. The number of nitrogens with zero attached hydrogens (tertiary/aromatic N) is 3. The minimum absolute atomic E-state index is 0.0560. The van der Waals surface area contributed by atoms with Crippen molar-refractivity contribution >= 4 is 40.0 Å². The minimum atomic E-state index is -4.55. The normalized spacial score (nSPS) is 14.2. The van der Waals surface area contributed by atoms with Crippen molar-refractivity contribution in [2.45, 2.75) is 6.18 Å². The van der Waals surface area contributed by atoms with Crippen LogP contribution in [0.5, 0.6) is 5.75 Å². The molecule has 0 radical (unpaired) electrons. The number of carbonyl (C=O) groups is 1. The molecule has 2 heterocycles. The standard InChI is InChI=1S/C29H24F3N5O3/c30-29(31,32)21-7-10-26(37-11-13-39-14-12-37)25(16-21)34-27(38)18-40-22-8-5-19(6-9-22)15-20(17-33)28-35-23-3-1-2-4-24(23)36-28/h1-10,15-16H,11-14,18H2,(H,34,38)(H,35,36)/b20-15+. The Hall–Kier alpha value is -4.82. The summed E-state index contributed by atoms with van der Waals surface area (Å²) < 4.78 is 50.9. The number of amides is 1. The molecule has 11 heteroatoms. The first-order chi connectivity index (χ1) is 19.3. The van der Waals surface area contributed by atoms with Gasteiger partial charge >= 0.3 is 6.18 Å². The molecule has 8 nitrogen and oxygen atoms in total. The van der Waals surface area contributed by atoms with Crippen molar-refractivity contribution in [2.24, 2.45) is 0 Å². The number of hydrogen-bond acceptors (Lipinski definition) is 6. The number of carbonyl (C=O) groups excluding carboxylic acids is 1. The summed E-state index contributed by atoms with van der Waals surface area (Å²) in [4.78, 5) is 22.1. The van der Waals surface area contributed by atoms with Crippen LogP contribution in [-0.2, 0) is 15.7 Å². The molecular weight excluding hydrogens is 523 g/mol. The third-order valence-corrected chi connectivity index (χ3v) is 6.28. The van der Waals surface area contributed by atoms with Crippen molar-refractivity contribution in [1.29, 1.82) is 5.26 Å². The van der Waals surface area contributed by atoms with Crippen molar-refractivity contribution < 1.29 is 27.4 Å². The Morgan fingerprint density at radius 1 is 1.12 bits per heavy atom. The maximum absolute atomic E-state index is 13.3. The highest BCUT2D eigenvalue weighted by Gasteiger charge is 2.32. The third-order valence-electron chi connectivity index (χ3n) is 6.28. The molecule has 1 aliphatic rings. The van der Waals surface area contributed by atoms with Gasteiger partial charge in [0.2, 0.25) is 0 Å². The number of halogens is 3. The average molecular weight is 548 g/mol. The molecule has 0 atom stereocenters. The Bertz CT molecular complexity index is 1550. The Balaban J connectivity index is 1.25. The summed E-state index contributed by atoms with van der Waals surface area (Å²) in [5, 5.41) is 12.2. The van der Waals surface area contributed by atoms with Gasteiger partial charge in [-0.3, -0.25) is 4.79 Å². The van der Waals surface area contributed by atoms with Crippen LogP contribution in [0.3, 0.4) is 0 Å². The number of ether oxygens (including phenoxy) is 2. The molecule has 0 unspecified atom stereocenters. The highest BCUT2D eigenvalue weighted by Crippen LogP contribution is 2.36. The topological polar surface area (TPSA) is 103 Å². The first-order valence-electron chi connectivity index (χ1n) is 12.4. The summed E-state index contributed by atoms with van der Waals surface area (Å²) in [5.41, 5.74) is 2.32. The molecular formula is C29H24F3N5O3. The number of aromatic amines is 1. The molecule has 5 rings (SSSR count). The van der Waals surface area contributed by atoms with Crippen LogP contribution in [0.1, 0.15) is 17.0 Å². The number of fused-ring (bicyclic) bond motifs is 1. The lowest BCUT2D eigenvalue weighted by molar-refractivity contribution is -0.137. The summed E-state index contributed by atoms with van der Waals surface area (Å²) >= 11 is 0. The van der Waals surface area contributed by atoms with E-state index in [1.54, 1.807) is 30.3 Å². The van der Waals surface area contributed by atoms with Gasteiger partial charge in [0.1, 0.15) is 17.6 Å². The summed E-state index contributed by atoms with van der Waals surface area (Å²) in [6.07, 6.45) is -2.87. The molecule has 204 valence electrons. The maximum atomic E-state index is 13.3. The van der Waals surface area contributed by atoms with Gasteiger partial charge in [0.05, 0.1) is 46.8 Å². The molecule has 3 aromatic carbocycles. The second kappa shape index (κ2) is 11.5. The van der Waals surface area contributed by atoms with Gasteiger partial charge in [-0.2, -0.15) is 18.4 Å². The summed E-state index contributed by atoms with van der Waals surface area (Å²) in [5.74, 6) is 0.230. The number of aromatic nitrogens is 2. The smallest absolute Gasteiger partial charge is 0.416 e. The van der Waals surface area contributed by atoms with Crippen LogP contribution in [-0.4, -0.2) is 48.8 Å². The zero-order valence-corrected chi connectivity index (χ0v) is 21.2. The fraction of sp³-hybridized carbons (Fsp3) is 0.207. The first-order valence-corrected chi connectivity index (χ1v) is 12.4. The quantitative estimate of drug-likeness (QED) is 0.296. The van der Waals surface area contributed by atoms with E-state index in [0.717, 1.165) is 23.2 Å². The predicted molar refractivity (Wildman–Crippen MR) is 145 cm³/mol. The molecule has 1 amide bonds. The van der Waals surface area contributed by atoms with Gasteiger partial charge in [-0.1, -0.05) is 24.3 Å². The van der Waals surface area contributed by atoms with Crippen LogP contribution in [0.4, 0.5) is 24.5 Å². The van der Waals surface area contributed by atoms with Gasteiger partial charge < -0.3 is 24.7 Å². The van der Waals surface area contributed by atoms with E-state index in [2.05, 4.69) is 21.4 Å². The van der Waals surface area contributed by atoms with Gasteiger partial charge in [0, 0.05) is 13.1 Å². The Kier molecular flexibility index (Phi) is 7.70. The lowest BCUT2D eigenvalue weighted by Gasteiger charge is -2.31. The van der Waals surface area contributed by atoms with E-state index < -0.39 is 24.3 Å². The molecule has 1 aliphatic heterocycles. The monoisotopic (exact) mass is 547 g/mol. The molecule has 40 heavy (non-hydrogen) atoms. The van der Waals surface area contributed by atoms with E-state index >= 15 is 0 Å². The van der Waals surface area contributed by atoms with Crippen molar-refractivity contribution in [3.05, 3.63) is 83.7 Å². The molecule has 4 aromatic rings. The summed E-state index contributed by atoms with van der Waals surface area (Å²) in [7, 11) is 0. The number of alkyl halides is 3.